The molecular formula is C21H27N3O5S. The Bertz CT molecular complexity index is 1070. The molecule has 1 aliphatic rings. The number of anilines is 1. The van der Waals surface area contributed by atoms with Crippen LogP contribution in [0, 0.1) is 13.8 Å². The van der Waals surface area contributed by atoms with Gasteiger partial charge in [-0.05, 0) is 56.9 Å². The molecule has 0 saturated carbocycles. The number of aryl methyl sites for hydroxylation is 2. The molecule has 30 heavy (non-hydrogen) atoms. The summed E-state index contributed by atoms with van der Waals surface area (Å²) in [5, 5.41) is 2.87. The number of hydrogen-bond donors (Lipinski definition) is 1. The second-order valence-corrected chi connectivity index (χ2v) is 9.29. The van der Waals surface area contributed by atoms with Gasteiger partial charge in [0.25, 0.3) is 0 Å². The minimum atomic E-state index is -3.95. The van der Waals surface area contributed by atoms with Gasteiger partial charge in [0, 0.05) is 25.5 Å². The zero-order valence-electron chi connectivity index (χ0n) is 17.6. The van der Waals surface area contributed by atoms with E-state index in [2.05, 4.69) is 5.32 Å². The van der Waals surface area contributed by atoms with E-state index in [4.69, 9.17) is 4.74 Å². The summed E-state index contributed by atoms with van der Waals surface area (Å²) < 4.78 is 34.1. The van der Waals surface area contributed by atoms with Crippen LogP contribution in [0.1, 0.15) is 41.4 Å². The molecule has 0 aliphatic carbocycles. The Morgan fingerprint density at radius 1 is 1.27 bits per heavy atom. The number of esters is 1. The standard InChI is InChI=1S/C21H27N3O5S/c1-5-29-21(26)19-12-16(13-23(19)4)30(27,28)24-11-7-10-18(24)20(25)22-17-9-6-8-14(2)15(17)3/h6,8-9,12-13,18H,5,7,10-11H2,1-4H3,(H,22,25). The van der Waals surface area contributed by atoms with Gasteiger partial charge in [0.15, 0.2) is 0 Å². The number of nitrogens with zero attached hydrogens (tertiary/aromatic N) is 2. The molecule has 2 aromatic rings. The van der Waals surface area contributed by atoms with Gasteiger partial charge >= 0.3 is 5.97 Å². The number of aromatic nitrogens is 1. The highest BCUT2D eigenvalue weighted by Crippen LogP contribution is 2.29. The van der Waals surface area contributed by atoms with E-state index in [1.807, 2.05) is 26.0 Å². The highest BCUT2D eigenvalue weighted by atomic mass is 32.2. The number of ether oxygens (including phenoxy) is 1. The van der Waals surface area contributed by atoms with Gasteiger partial charge in [0.2, 0.25) is 15.9 Å². The first-order chi connectivity index (χ1) is 14.2. The monoisotopic (exact) mass is 433 g/mol. The van der Waals surface area contributed by atoms with Crippen molar-refractivity contribution in [2.45, 2.75) is 44.6 Å². The van der Waals surface area contributed by atoms with Gasteiger partial charge in [-0.1, -0.05) is 12.1 Å². The van der Waals surface area contributed by atoms with Crippen molar-refractivity contribution in [3.05, 3.63) is 47.3 Å². The first kappa shape index (κ1) is 22.0. The summed E-state index contributed by atoms with van der Waals surface area (Å²) in [7, 11) is -2.37. The van der Waals surface area contributed by atoms with Crippen LogP contribution in [0.5, 0.6) is 0 Å². The smallest absolute Gasteiger partial charge is 0.354 e. The van der Waals surface area contributed by atoms with E-state index in [0.717, 1.165) is 11.1 Å². The molecule has 1 aliphatic heterocycles. The lowest BCUT2D eigenvalue weighted by molar-refractivity contribution is -0.119. The van der Waals surface area contributed by atoms with Gasteiger partial charge in [-0.25, -0.2) is 13.2 Å². The molecule has 1 aromatic carbocycles. The van der Waals surface area contributed by atoms with Crippen LogP contribution in [-0.4, -0.2) is 48.4 Å². The maximum Gasteiger partial charge on any atom is 0.354 e. The number of carbonyl (C=O) groups is 2. The van der Waals surface area contributed by atoms with Crippen molar-refractivity contribution >= 4 is 27.6 Å². The lowest BCUT2D eigenvalue weighted by Gasteiger charge is -2.23. The van der Waals surface area contributed by atoms with Crippen molar-refractivity contribution in [3.8, 4) is 0 Å². The third kappa shape index (κ3) is 4.13. The molecule has 1 atom stereocenters. The second-order valence-electron chi connectivity index (χ2n) is 7.40. The molecule has 162 valence electrons. The molecule has 8 nitrogen and oxygen atoms in total. The predicted octanol–water partition coefficient (Wildman–Crippen LogP) is 2.61. The van der Waals surface area contributed by atoms with Crippen LogP contribution in [0.2, 0.25) is 0 Å². The number of hydrogen-bond acceptors (Lipinski definition) is 5. The Morgan fingerprint density at radius 3 is 2.70 bits per heavy atom. The predicted molar refractivity (Wildman–Crippen MR) is 113 cm³/mol. The molecule has 1 N–H and O–H groups in total. The van der Waals surface area contributed by atoms with E-state index in [-0.39, 0.29) is 29.6 Å². The van der Waals surface area contributed by atoms with Crippen molar-refractivity contribution in [2.24, 2.45) is 7.05 Å². The van der Waals surface area contributed by atoms with Crippen LogP contribution in [0.4, 0.5) is 5.69 Å². The number of rotatable bonds is 6. The average Bonchev–Trinajstić information content (AvgIpc) is 3.33. The SMILES string of the molecule is CCOC(=O)c1cc(S(=O)(=O)N2CCCC2C(=O)Nc2cccc(C)c2C)cn1C. The summed E-state index contributed by atoms with van der Waals surface area (Å²) in [4.78, 5) is 25.0. The number of nitrogens with one attached hydrogen (secondary N) is 1. The van der Waals surface area contributed by atoms with Gasteiger partial charge in [0.05, 0.1) is 6.61 Å². The maximum atomic E-state index is 13.2. The van der Waals surface area contributed by atoms with E-state index >= 15 is 0 Å². The quantitative estimate of drug-likeness (QED) is 0.706. The summed E-state index contributed by atoms with van der Waals surface area (Å²) >= 11 is 0. The third-order valence-electron chi connectivity index (χ3n) is 5.44. The lowest BCUT2D eigenvalue weighted by Crippen LogP contribution is -2.43. The highest BCUT2D eigenvalue weighted by molar-refractivity contribution is 7.89. The fourth-order valence-corrected chi connectivity index (χ4v) is 5.34. The molecule has 2 heterocycles. The molecule has 0 spiro atoms. The van der Waals surface area contributed by atoms with Crippen molar-refractivity contribution in [1.82, 2.24) is 8.87 Å². The van der Waals surface area contributed by atoms with Gasteiger partial charge in [-0.3, -0.25) is 4.79 Å². The first-order valence-corrected chi connectivity index (χ1v) is 11.3. The van der Waals surface area contributed by atoms with Crippen LogP contribution >= 0.6 is 0 Å². The highest BCUT2D eigenvalue weighted by Gasteiger charge is 2.40. The minimum absolute atomic E-state index is 0.0283. The lowest BCUT2D eigenvalue weighted by atomic mass is 10.1. The van der Waals surface area contributed by atoms with Gasteiger partial charge in [-0.2, -0.15) is 4.31 Å². The Hall–Kier alpha value is -2.65. The van der Waals surface area contributed by atoms with Gasteiger partial charge in [0.1, 0.15) is 16.6 Å². The molecule has 0 radical (unpaired) electrons. The van der Waals surface area contributed by atoms with E-state index in [9.17, 15) is 18.0 Å². The van der Waals surface area contributed by atoms with Crippen molar-refractivity contribution in [2.75, 3.05) is 18.5 Å². The molecule has 1 fully saturated rings. The number of carbonyl (C=O) groups excluding carboxylic acids is 2. The zero-order chi connectivity index (χ0) is 22.1. The van der Waals surface area contributed by atoms with Gasteiger partial charge in [-0.15, -0.1) is 0 Å². The molecular weight excluding hydrogens is 406 g/mol. The molecule has 1 unspecified atom stereocenters. The number of sulfonamides is 1. The van der Waals surface area contributed by atoms with Crippen molar-refractivity contribution in [3.63, 3.8) is 0 Å². The van der Waals surface area contributed by atoms with E-state index in [0.29, 0.717) is 18.5 Å². The Balaban J connectivity index is 1.85. The van der Waals surface area contributed by atoms with Crippen molar-refractivity contribution in [1.29, 1.82) is 0 Å². The Labute approximate surface area is 176 Å². The summed E-state index contributed by atoms with van der Waals surface area (Å²) in [5.41, 5.74) is 2.81. The average molecular weight is 434 g/mol. The summed E-state index contributed by atoms with van der Waals surface area (Å²) in [6.45, 7) is 5.99. The topological polar surface area (TPSA) is 97.7 Å². The molecule has 9 heteroatoms. The van der Waals surface area contributed by atoms with Crippen LogP contribution in [0.3, 0.4) is 0 Å². The third-order valence-corrected chi connectivity index (χ3v) is 7.31. The van der Waals surface area contributed by atoms with Crippen LogP contribution in [-0.2, 0) is 26.6 Å². The summed E-state index contributed by atoms with van der Waals surface area (Å²) in [6.07, 6.45) is 2.40. The fraction of sp³-hybridized carbons (Fsp3) is 0.429. The molecule has 1 saturated heterocycles. The van der Waals surface area contributed by atoms with E-state index in [1.165, 1.54) is 21.1 Å². The van der Waals surface area contributed by atoms with E-state index in [1.54, 1.807) is 20.0 Å². The second kappa shape index (κ2) is 8.61. The fourth-order valence-electron chi connectivity index (χ4n) is 3.61. The van der Waals surface area contributed by atoms with Crippen molar-refractivity contribution < 1.29 is 22.7 Å². The van der Waals surface area contributed by atoms with E-state index < -0.39 is 22.0 Å². The molecule has 3 rings (SSSR count). The number of amides is 1. The largest absolute Gasteiger partial charge is 0.461 e. The molecule has 0 bridgehead atoms. The Morgan fingerprint density at radius 2 is 2.00 bits per heavy atom. The first-order valence-electron chi connectivity index (χ1n) is 9.89. The van der Waals surface area contributed by atoms with Crippen LogP contribution in [0.25, 0.3) is 0 Å². The van der Waals surface area contributed by atoms with Crippen LogP contribution < -0.4 is 5.32 Å². The molecule has 1 amide bonds. The summed E-state index contributed by atoms with van der Waals surface area (Å²) in [5.74, 6) is -0.946. The Kier molecular flexibility index (Phi) is 6.33. The van der Waals surface area contributed by atoms with Crippen LogP contribution in [0.15, 0.2) is 35.4 Å². The normalized spacial score (nSPS) is 17.1. The zero-order valence-corrected chi connectivity index (χ0v) is 18.5. The number of benzene rings is 1. The maximum absolute atomic E-state index is 13.2. The summed E-state index contributed by atoms with van der Waals surface area (Å²) in [6, 6.07) is 6.10. The molecule has 1 aromatic heterocycles. The minimum Gasteiger partial charge on any atom is -0.461 e. The van der Waals surface area contributed by atoms with Gasteiger partial charge < -0.3 is 14.6 Å².